The molecule has 0 spiro atoms. The quantitative estimate of drug-likeness (QED) is 0.332. The van der Waals surface area contributed by atoms with Crippen molar-refractivity contribution in [1.29, 1.82) is 0 Å². The van der Waals surface area contributed by atoms with Gasteiger partial charge >= 0.3 is 12.0 Å². The van der Waals surface area contributed by atoms with Crippen LogP contribution in [0.4, 0.5) is 4.79 Å². The fourth-order valence-electron chi connectivity index (χ4n) is 3.44. The predicted octanol–water partition coefficient (Wildman–Crippen LogP) is 5.13. The van der Waals surface area contributed by atoms with E-state index in [9.17, 15) is 14.4 Å². The SMILES string of the molecule is Cc1ccc(CN2C(=O)N/C(=C/c3ccc(OCc4cccc(C(=O)O)c4)c(Br)c3)C2=O)cc1. The van der Waals surface area contributed by atoms with Gasteiger partial charge in [0.1, 0.15) is 18.1 Å². The molecule has 7 nitrogen and oxygen atoms in total. The first-order chi connectivity index (χ1) is 16.3. The van der Waals surface area contributed by atoms with Gasteiger partial charge in [-0.15, -0.1) is 0 Å². The summed E-state index contributed by atoms with van der Waals surface area (Å²) in [5.41, 5.74) is 3.80. The third-order valence-corrected chi connectivity index (χ3v) is 5.88. The number of hydrogen-bond acceptors (Lipinski definition) is 4. The molecule has 3 amide bonds. The van der Waals surface area contributed by atoms with Crippen LogP contribution in [-0.2, 0) is 17.9 Å². The number of imide groups is 1. The number of aromatic carboxylic acids is 1. The molecule has 0 saturated carbocycles. The lowest BCUT2D eigenvalue weighted by atomic mass is 10.1. The van der Waals surface area contributed by atoms with E-state index in [0.717, 1.165) is 16.7 Å². The minimum absolute atomic E-state index is 0.196. The Balaban J connectivity index is 1.44. The first-order valence-electron chi connectivity index (χ1n) is 10.4. The highest BCUT2D eigenvalue weighted by molar-refractivity contribution is 9.10. The lowest BCUT2D eigenvalue weighted by molar-refractivity contribution is -0.123. The second-order valence-electron chi connectivity index (χ2n) is 7.85. The average molecular weight is 521 g/mol. The van der Waals surface area contributed by atoms with Gasteiger partial charge in [0, 0.05) is 0 Å². The smallest absolute Gasteiger partial charge is 0.335 e. The Morgan fingerprint density at radius 3 is 2.53 bits per heavy atom. The van der Waals surface area contributed by atoms with Crippen molar-refractivity contribution in [3.8, 4) is 5.75 Å². The molecule has 172 valence electrons. The van der Waals surface area contributed by atoms with Crippen LogP contribution >= 0.6 is 15.9 Å². The maximum Gasteiger partial charge on any atom is 0.335 e. The van der Waals surface area contributed by atoms with Crippen molar-refractivity contribution in [3.63, 3.8) is 0 Å². The molecule has 1 heterocycles. The van der Waals surface area contributed by atoms with Crippen LogP contribution in [0.1, 0.15) is 32.6 Å². The number of benzene rings is 3. The molecule has 1 aliphatic rings. The molecule has 0 unspecified atom stereocenters. The molecule has 4 rings (SSSR count). The number of rotatable bonds is 7. The Morgan fingerprint density at radius 1 is 1.06 bits per heavy atom. The van der Waals surface area contributed by atoms with Gasteiger partial charge in [-0.3, -0.25) is 9.69 Å². The zero-order valence-corrected chi connectivity index (χ0v) is 19.8. The number of hydrogen-bond donors (Lipinski definition) is 2. The first-order valence-corrected chi connectivity index (χ1v) is 11.2. The van der Waals surface area contributed by atoms with Gasteiger partial charge in [0.25, 0.3) is 5.91 Å². The number of urea groups is 1. The number of carboxylic acids is 1. The minimum atomic E-state index is -0.994. The van der Waals surface area contributed by atoms with E-state index < -0.39 is 12.0 Å². The van der Waals surface area contributed by atoms with E-state index in [1.54, 1.807) is 42.5 Å². The second-order valence-corrected chi connectivity index (χ2v) is 8.70. The van der Waals surface area contributed by atoms with Gasteiger partial charge in [-0.1, -0.05) is 48.0 Å². The fourth-order valence-corrected chi connectivity index (χ4v) is 3.95. The second kappa shape index (κ2) is 9.93. The topological polar surface area (TPSA) is 95.9 Å². The predicted molar refractivity (Wildman–Crippen MR) is 130 cm³/mol. The number of ether oxygens (including phenoxy) is 1. The number of amides is 3. The average Bonchev–Trinajstić information content (AvgIpc) is 3.07. The van der Waals surface area contributed by atoms with Crippen molar-refractivity contribution >= 4 is 39.9 Å². The van der Waals surface area contributed by atoms with E-state index in [4.69, 9.17) is 9.84 Å². The standard InChI is InChI=1S/C26H21BrN2O5/c1-16-5-7-17(8-6-16)14-29-24(30)22(28-26(29)33)13-18-9-10-23(21(27)12-18)34-15-19-3-2-4-20(11-19)25(31)32/h2-13H,14-15H2,1H3,(H,28,33)(H,31,32)/b22-13+. The molecule has 8 heteroatoms. The van der Waals surface area contributed by atoms with E-state index in [-0.39, 0.29) is 30.3 Å². The zero-order valence-electron chi connectivity index (χ0n) is 18.2. The summed E-state index contributed by atoms with van der Waals surface area (Å²) < 4.78 is 6.46. The molecular weight excluding hydrogens is 500 g/mol. The highest BCUT2D eigenvalue weighted by atomic mass is 79.9. The van der Waals surface area contributed by atoms with Crippen molar-refractivity contribution in [2.45, 2.75) is 20.1 Å². The summed E-state index contributed by atoms with van der Waals surface area (Å²) in [4.78, 5) is 37.4. The monoisotopic (exact) mass is 520 g/mol. The Morgan fingerprint density at radius 2 is 1.82 bits per heavy atom. The van der Waals surface area contributed by atoms with Crippen LogP contribution in [-0.4, -0.2) is 27.9 Å². The fraction of sp³-hybridized carbons (Fsp3) is 0.115. The van der Waals surface area contributed by atoms with Crippen molar-refractivity contribution in [2.24, 2.45) is 0 Å². The Bertz CT molecular complexity index is 1300. The van der Waals surface area contributed by atoms with Gasteiger partial charge in [0.05, 0.1) is 16.6 Å². The molecule has 0 bridgehead atoms. The molecular formula is C26H21BrN2O5. The molecule has 0 aliphatic carbocycles. The summed E-state index contributed by atoms with van der Waals surface area (Å²) in [7, 11) is 0. The third kappa shape index (κ3) is 5.35. The molecule has 1 aliphatic heterocycles. The minimum Gasteiger partial charge on any atom is -0.488 e. The van der Waals surface area contributed by atoms with Gasteiger partial charge in [-0.2, -0.15) is 0 Å². The van der Waals surface area contributed by atoms with Crippen LogP contribution in [0, 0.1) is 6.92 Å². The molecule has 3 aromatic carbocycles. The molecule has 0 aromatic heterocycles. The van der Waals surface area contributed by atoms with Crippen molar-refractivity contribution < 1.29 is 24.2 Å². The molecule has 3 aromatic rings. The summed E-state index contributed by atoms with van der Waals surface area (Å²) in [5, 5.41) is 11.7. The van der Waals surface area contributed by atoms with Crippen molar-refractivity contribution in [1.82, 2.24) is 10.2 Å². The van der Waals surface area contributed by atoms with Crippen LogP contribution in [0.15, 0.2) is 76.9 Å². The molecule has 0 radical (unpaired) electrons. The Hall–Kier alpha value is -3.91. The van der Waals surface area contributed by atoms with E-state index in [1.165, 1.54) is 11.0 Å². The number of halogens is 1. The van der Waals surface area contributed by atoms with Gasteiger partial charge in [0.15, 0.2) is 0 Å². The van der Waals surface area contributed by atoms with Crippen LogP contribution < -0.4 is 10.1 Å². The van der Waals surface area contributed by atoms with Crippen LogP contribution in [0.3, 0.4) is 0 Å². The maximum absolute atomic E-state index is 12.8. The lowest BCUT2D eigenvalue weighted by Gasteiger charge is -2.12. The van der Waals surface area contributed by atoms with E-state index in [1.807, 2.05) is 31.2 Å². The van der Waals surface area contributed by atoms with E-state index >= 15 is 0 Å². The zero-order chi connectivity index (χ0) is 24.2. The normalized spacial score (nSPS) is 14.4. The van der Waals surface area contributed by atoms with Gasteiger partial charge in [-0.25, -0.2) is 9.59 Å². The van der Waals surface area contributed by atoms with E-state index in [2.05, 4.69) is 21.2 Å². The largest absolute Gasteiger partial charge is 0.488 e. The van der Waals surface area contributed by atoms with Crippen molar-refractivity contribution in [2.75, 3.05) is 0 Å². The van der Waals surface area contributed by atoms with Crippen LogP contribution in [0.2, 0.25) is 0 Å². The van der Waals surface area contributed by atoms with Gasteiger partial charge in [-0.05, 0) is 69.9 Å². The molecule has 0 atom stereocenters. The summed E-state index contributed by atoms with van der Waals surface area (Å²) >= 11 is 3.47. The maximum atomic E-state index is 12.8. The number of carboxylic acid groups (broad SMARTS) is 1. The van der Waals surface area contributed by atoms with Crippen molar-refractivity contribution in [3.05, 3.63) is 105 Å². The molecule has 34 heavy (non-hydrogen) atoms. The summed E-state index contributed by atoms with van der Waals surface area (Å²) in [6, 6.07) is 19.0. The molecule has 2 N–H and O–H groups in total. The van der Waals surface area contributed by atoms with E-state index in [0.29, 0.717) is 15.8 Å². The van der Waals surface area contributed by atoms with Crippen LogP contribution in [0.5, 0.6) is 5.75 Å². The number of nitrogens with zero attached hydrogens (tertiary/aromatic N) is 1. The van der Waals surface area contributed by atoms with Gasteiger partial charge < -0.3 is 15.2 Å². The number of nitrogens with one attached hydrogen (secondary N) is 1. The Kier molecular flexibility index (Phi) is 6.79. The summed E-state index contributed by atoms with van der Waals surface area (Å²) in [5.74, 6) is -0.822. The highest BCUT2D eigenvalue weighted by Crippen LogP contribution is 2.28. The lowest BCUT2D eigenvalue weighted by Crippen LogP contribution is -2.30. The Labute approximate surface area is 204 Å². The number of carbonyl (C=O) groups is 3. The number of aryl methyl sites for hydroxylation is 1. The van der Waals surface area contributed by atoms with Crippen LogP contribution in [0.25, 0.3) is 6.08 Å². The molecule has 1 saturated heterocycles. The molecule has 1 fully saturated rings. The third-order valence-electron chi connectivity index (χ3n) is 5.26. The van der Waals surface area contributed by atoms with Gasteiger partial charge in [0.2, 0.25) is 0 Å². The highest BCUT2D eigenvalue weighted by Gasteiger charge is 2.33. The summed E-state index contributed by atoms with van der Waals surface area (Å²) in [6.07, 6.45) is 1.61. The summed E-state index contributed by atoms with van der Waals surface area (Å²) in [6.45, 7) is 2.37. The first kappa shape index (κ1) is 23.3. The number of carbonyl (C=O) groups excluding carboxylic acids is 2.